The van der Waals surface area contributed by atoms with Crippen molar-refractivity contribution in [1.82, 2.24) is 14.9 Å². The summed E-state index contributed by atoms with van der Waals surface area (Å²) < 4.78 is 0. The molecular weight excluding hydrogens is 262 g/mol. The Morgan fingerprint density at radius 3 is 2.33 bits per heavy atom. The highest BCUT2D eigenvalue weighted by Gasteiger charge is 2.27. The number of rotatable bonds is 10. The van der Waals surface area contributed by atoms with E-state index in [9.17, 15) is 0 Å². The second-order valence-corrected chi connectivity index (χ2v) is 6.13. The van der Waals surface area contributed by atoms with Gasteiger partial charge in [-0.15, -0.1) is 0 Å². The van der Waals surface area contributed by atoms with Crippen LogP contribution < -0.4 is 10.6 Å². The molecule has 2 N–H and O–H groups in total. The topological polar surface area (TPSA) is 53.1 Å². The summed E-state index contributed by atoms with van der Waals surface area (Å²) in [5, 5.41) is 6.83. The van der Waals surface area contributed by atoms with Crippen molar-refractivity contribution < 1.29 is 0 Å². The van der Waals surface area contributed by atoms with Crippen LogP contribution in [0.2, 0.25) is 0 Å². The van der Waals surface area contributed by atoms with E-state index in [1.165, 1.54) is 25.7 Å². The zero-order chi connectivity index (χ0) is 15.1. The molecule has 0 aromatic carbocycles. The molecule has 0 amide bonds. The van der Waals surface area contributed by atoms with Gasteiger partial charge in [-0.25, -0.2) is 9.97 Å². The molecule has 1 saturated carbocycles. The Bertz CT molecular complexity index is 429. The lowest BCUT2D eigenvalue weighted by atomic mass is 10.3. The smallest absolute Gasteiger partial charge is 0.136 e. The summed E-state index contributed by atoms with van der Waals surface area (Å²) in [6.45, 7) is 5.24. The van der Waals surface area contributed by atoms with E-state index in [0.29, 0.717) is 5.92 Å². The Morgan fingerprint density at radius 2 is 1.76 bits per heavy atom. The van der Waals surface area contributed by atoms with E-state index in [0.717, 1.165) is 43.5 Å². The van der Waals surface area contributed by atoms with Gasteiger partial charge in [-0.1, -0.05) is 6.92 Å². The fourth-order valence-electron chi connectivity index (χ4n) is 2.19. The molecule has 5 nitrogen and oxygen atoms in total. The van der Waals surface area contributed by atoms with E-state index in [1.54, 1.807) is 0 Å². The van der Waals surface area contributed by atoms with Crippen LogP contribution in [0.4, 0.5) is 11.6 Å². The van der Waals surface area contributed by atoms with E-state index in [-0.39, 0.29) is 0 Å². The SMILES string of the molecule is CCCNc1cc(NCCCCN(C)C)nc(C2CC2)n1. The quantitative estimate of drug-likeness (QED) is 0.649. The first-order valence-corrected chi connectivity index (χ1v) is 8.20. The van der Waals surface area contributed by atoms with Crippen molar-refractivity contribution in [3.05, 3.63) is 11.9 Å². The molecule has 1 fully saturated rings. The summed E-state index contributed by atoms with van der Waals surface area (Å²) in [7, 11) is 4.23. The molecule has 1 aliphatic carbocycles. The Kier molecular flexibility index (Phi) is 6.23. The maximum absolute atomic E-state index is 4.66. The first-order chi connectivity index (χ1) is 10.2. The summed E-state index contributed by atoms with van der Waals surface area (Å²) in [5.41, 5.74) is 0. The summed E-state index contributed by atoms with van der Waals surface area (Å²) in [5.74, 6) is 3.52. The van der Waals surface area contributed by atoms with Crippen LogP contribution in [0.15, 0.2) is 6.07 Å². The number of hydrogen-bond donors (Lipinski definition) is 2. The number of hydrogen-bond acceptors (Lipinski definition) is 5. The molecule has 2 rings (SSSR count). The van der Waals surface area contributed by atoms with Gasteiger partial charge in [0.05, 0.1) is 0 Å². The van der Waals surface area contributed by atoms with Gasteiger partial charge in [0.2, 0.25) is 0 Å². The van der Waals surface area contributed by atoms with Crippen LogP contribution in [0.5, 0.6) is 0 Å². The minimum Gasteiger partial charge on any atom is -0.370 e. The van der Waals surface area contributed by atoms with Gasteiger partial charge in [0.25, 0.3) is 0 Å². The molecule has 1 aliphatic rings. The second kappa shape index (κ2) is 8.17. The van der Waals surface area contributed by atoms with Crippen molar-refractivity contribution in [2.75, 3.05) is 44.4 Å². The van der Waals surface area contributed by atoms with E-state index in [4.69, 9.17) is 0 Å². The molecule has 0 bridgehead atoms. The lowest BCUT2D eigenvalue weighted by molar-refractivity contribution is 0.396. The number of nitrogens with zero attached hydrogens (tertiary/aromatic N) is 3. The largest absolute Gasteiger partial charge is 0.370 e. The molecule has 118 valence electrons. The molecule has 1 aromatic heterocycles. The zero-order valence-electron chi connectivity index (χ0n) is 13.7. The minimum absolute atomic E-state index is 0.586. The standard InChI is InChI=1S/C16H29N5/c1-4-9-17-14-12-15(18-10-5-6-11-21(2)3)20-16(19-14)13-7-8-13/h12-13H,4-11H2,1-3H3,(H2,17,18,19,20). The first-order valence-electron chi connectivity index (χ1n) is 8.20. The van der Waals surface area contributed by atoms with Gasteiger partial charge >= 0.3 is 0 Å². The molecule has 0 radical (unpaired) electrons. The van der Waals surface area contributed by atoms with Crippen molar-refractivity contribution in [2.45, 2.75) is 44.9 Å². The fraction of sp³-hybridized carbons (Fsp3) is 0.750. The van der Waals surface area contributed by atoms with Crippen molar-refractivity contribution in [2.24, 2.45) is 0 Å². The Balaban J connectivity index is 1.86. The Hall–Kier alpha value is -1.36. The van der Waals surface area contributed by atoms with E-state index < -0.39 is 0 Å². The van der Waals surface area contributed by atoms with Gasteiger partial charge in [0.15, 0.2) is 0 Å². The molecule has 0 spiro atoms. The van der Waals surface area contributed by atoms with Crippen LogP contribution in [0.25, 0.3) is 0 Å². The monoisotopic (exact) mass is 291 g/mol. The van der Waals surface area contributed by atoms with Crippen molar-refractivity contribution in [1.29, 1.82) is 0 Å². The molecular formula is C16H29N5. The third kappa shape index (κ3) is 5.87. The highest BCUT2D eigenvalue weighted by Crippen LogP contribution is 2.38. The van der Waals surface area contributed by atoms with Gasteiger partial charge in [-0.05, 0) is 52.7 Å². The van der Waals surface area contributed by atoms with Gasteiger partial charge in [0.1, 0.15) is 17.5 Å². The second-order valence-electron chi connectivity index (χ2n) is 6.13. The maximum atomic E-state index is 4.66. The Labute approximate surface area is 128 Å². The molecule has 1 aromatic rings. The number of anilines is 2. The van der Waals surface area contributed by atoms with Crippen molar-refractivity contribution in [3.63, 3.8) is 0 Å². The van der Waals surface area contributed by atoms with Gasteiger partial charge in [0, 0.05) is 25.1 Å². The molecule has 0 atom stereocenters. The molecule has 1 heterocycles. The van der Waals surface area contributed by atoms with Crippen LogP contribution >= 0.6 is 0 Å². The van der Waals surface area contributed by atoms with Crippen LogP contribution in [-0.2, 0) is 0 Å². The minimum atomic E-state index is 0.586. The third-order valence-corrected chi connectivity index (χ3v) is 3.58. The number of unbranched alkanes of at least 4 members (excludes halogenated alkanes) is 1. The fourth-order valence-corrected chi connectivity index (χ4v) is 2.19. The highest BCUT2D eigenvalue weighted by atomic mass is 15.1. The van der Waals surface area contributed by atoms with Crippen molar-refractivity contribution in [3.8, 4) is 0 Å². The Morgan fingerprint density at radius 1 is 1.10 bits per heavy atom. The van der Waals surface area contributed by atoms with Gasteiger partial charge < -0.3 is 15.5 Å². The summed E-state index contributed by atoms with van der Waals surface area (Å²) in [4.78, 5) is 11.5. The van der Waals surface area contributed by atoms with Crippen molar-refractivity contribution >= 4 is 11.6 Å². The summed E-state index contributed by atoms with van der Waals surface area (Å²) in [6.07, 6.45) is 5.95. The lowest BCUT2D eigenvalue weighted by Gasteiger charge is -2.12. The summed E-state index contributed by atoms with van der Waals surface area (Å²) >= 11 is 0. The lowest BCUT2D eigenvalue weighted by Crippen LogP contribution is -2.14. The molecule has 0 aliphatic heterocycles. The van der Waals surface area contributed by atoms with E-state index in [1.807, 2.05) is 6.07 Å². The van der Waals surface area contributed by atoms with Crippen LogP contribution in [0.1, 0.15) is 50.8 Å². The molecule has 5 heteroatoms. The van der Waals surface area contributed by atoms with Crippen LogP contribution in [0, 0.1) is 0 Å². The average molecular weight is 291 g/mol. The molecule has 0 unspecified atom stereocenters. The summed E-state index contributed by atoms with van der Waals surface area (Å²) in [6, 6.07) is 2.04. The predicted molar refractivity (Wildman–Crippen MR) is 89.1 cm³/mol. The van der Waals surface area contributed by atoms with Crippen LogP contribution in [-0.4, -0.2) is 48.6 Å². The van der Waals surface area contributed by atoms with Crippen LogP contribution in [0.3, 0.4) is 0 Å². The van der Waals surface area contributed by atoms with Gasteiger partial charge in [-0.2, -0.15) is 0 Å². The average Bonchev–Trinajstić information content (AvgIpc) is 3.29. The first kappa shape index (κ1) is 16.0. The zero-order valence-corrected chi connectivity index (χ0v) is 13.7. The number of aromatic nitrogens is 2. The molecule has 21 heavy (non-hydrogen) atoms. The molecule has 0 saturated heterocycles. The predicted octanol–water partition coefficient (Wildman–Crippen LogP) is 2.93. The third-order valence-electron chi connectivity index (χ3n) is 3.58. The number of nitrogens with one attached hydrogen (secondary N) is 2. The maximum Gasteiger partial charge on any atom is 0.136 e. The van der Waals surface area contributed by atoms with Gasteiger partial charge in [-0.3, -0.25) is 0 Å². The normalized spacial score (nSPS) is 14.5. The van der Waals surface area contributed by atoms with E-state index >= 15 is 0 Å². The highest BCUT2D eigenvalue weighted by molar-refractivity contribution is 5.48. The van der Waals surface area contributed by atoms with E-state index in [2.05, 4.69) is 46.5 Å².